The van der Waals surface area contributed by atoms with Crippen LogP contribution in [0.1, 0.15) is 23.7 Å². The fraction of sp³-hybridized carbons (Fsp3) is 0.333. The van der Waals surface area contributed by atoms with E-state index in [1.165, 1.54) is 17.1 Å². The first-order valence-corrected chi connectivity index (χ1v) is 6.18. The SMILES string of the molecule is NC(CCc1ccsc1)c1csnn1. The first kappa shape index (κ1) is 9.76. The average Bonchev–Trinajstić information content (AvgIpc) is 2.87. The molecule has 1 atom stereocenters. The molecule has 0 saturated carbocycles. The zero-order valence-electron chi connectivity index (χ0n) is 7.59. The molecular formula is C9H11N3S2. The van der Waals surface area contributed by atoms with E-state index >= 15 is 0 Å². The largest absolute Gasteiger partial charge is 0.323 e. The smallest absolute Gasteiger partial charge is 0.0922 e. The lowest BCUT2D eigenvalue weighted by molar-refractivity contribution is 0.632. The predicted octanol–water partition coefficient (Wildman–Crippen LogP) is 2.23. The van der Waals surface area contributed by atoms with Crippen molar-refractivity contribution >= 4 is 22.9 Å². The topological polar surface area (TPSA) is 51.8 Å². The Morgan fingerprint density at radius 3 is 3.00 bits per heavy atom. The zero-order valence-corrected chi connectivity index (χ0v) is 9.22. The molecule has 0 spiro atoms. The van der Waals surface area contributed by atoms with Crippen LogP contribution >= 0.6 is 22.9 Å². The highest BCUT2D eigenvalue weighted by Gasteiger charge is 2.08. The lowest BCUT2D eigenvalue weighted by atomic mass is 10.1. The van der Waals surface area contributed by atoms with E-state index in [4.69, 9.17) is 5.73 Å². The molecule has 2 rings (SSSR count). The summed E-state index contributed by atoms with van der Waals surface area (Å²) in [5, 5.41) is 10.1. The van der Waals surface area contributed by atoms with Crippen LogP contribution in [0, 0.1) is 0 Å². The third-order valence-electron chi connectivity index (χ3n) is 2.08. The number of nitrogens with zero attached hydrogens (tertiary/aromatic N) is 2. The van der Waals surface area contributed by atoms with E-state index in [0.29, 0.717) is 0 Å². The van der Waals surface area contributed by atoms with Gasteiger partial charge in [0, 0.05) is 5.38 Å². The molecule has 1 unspecified atom stereocenters. The van der Waals surface area contributed by atoms with E-state index in [1.54, 1.807) is 11.3 Å². The van der Waals surface area contributed by atoms with Gasteiger partial charge in [-0.3, -0.25) is 0 Å². The minimum Gasteiger partial charge on any atom is -0.323 e. The van der Waals surface area contributed by atoms with Gasteiger partial charge in [-0.1, -0.05) is 4.49 Å². The minimum atomic E-state index is 0.0219. The molecular weight excluding hydrogens is 214 g/mol. The van der Waals surface area contributed by atoms with Gasteiger partial charge < -0.3 is 5.73 Å². The van der Waals surface area contributed by atoms with Crippen molar-refractivity contribution in [2.75, 3.05) is 0 Å². The molecule has 0 bridgehead atoms. The number of thiophene rings is 1. The normalized spacial score (nSPS) is 12.9. The second-order valence-electron chi connectivity index (χ2n) is 3.11. The van der Waals surface area contributed by atoms with E-state index < -0.39 is 0 Å². The number of rotatable bonds is 4. The van der Waals surface area contributed by atoms with Crippen LogP contribution in [0.2, 0.25) is 0 Å². The zero-order chi connectivity index (χ0) is 9.80. The highest BCUT2D eigenvalue weighted by molar-refractivity contribution is 7.07. The highest BCUT2D eigenvalue weighted by atomic mass is 32.1. The second kappa shape index (κ2) is 4.63. The fourth-order valence-electron chi connectivity index (χ4n) is 1.24. The minimum absolute atomic E-state index is 0.0219. The van der Waals surface area contributed by atoms with Gasteiger partial charge in [-0.15, -0.1) is 5.10 Å². The Hall–Kier alpha value is -0.780. The van der Waals surface area contributed by atoms with Crippen LogP contribution in [0.25, 0.3) is 0 Å². The lowest BCUT2D eigenvalue weighted by Gasteiger charge is -2.06. The molecule has 0 fully saturated rings. The number of aryl methyl sites for hydroxylation is 1. The van der Waals surface area contributed by atoms with Crippen molar-refractivity contribution in [1.29, 1.82) is 0 Å². The Morgan fingerprint density at radius 1 is 1.43 bits per heavy atom. The lowest BCUT2D eigenvalue weighted by Crippen LogP contribution is -2.11. The second-order valence-corrected chi connectivity index (χ2v) is 4.50. The van der Waals surface area contributed by atoms with Gasteiger partial charge in [-0.2, -0.15) is 11.3 Å². The van der Waals surface area contributed by atoms with Gasteiger partial charge >= 0.3 is 0 Å². The van der Waals surface area contributed by atoms with Crippen LogP contribution in [0.4, 0.5) is 0 Å². The molecule has 2 heterocycles. The van der Waals surface area contributed by atoms with Crippen LogP contribution < -0.4 is 5.73 Å². The van der Waals surface area contributed by atoms with Gasteiger partial charge in [0.2, 0.25) is 0 Å². The first-order valence-electron chi connectivity index (χ1n) is 4.40. The van der Waals surface area contributed by atoms with Gasteiger partial charge in [-0.25, -0.2) is 0 Å². The monoisotopic (exact) mass is 225 g/mol. The van der Waals surface area contributed by atoms with E-state index in [2.05, 4.69) is 26.4 Å². The molecule has 14 heavy (non-hydrogen) atoms. The van der Waals surface area contributed by atoms with Crippen molar-refractivity contribution in [3.63, 3.8) is 0 Å². The highest BCUT2D eigenvalue weighted by Crippen LogP contribution is 2.16. The molecule has 2 aromatic heterocycles. The third kappa shape index (κ3) is 2.37. The summed E-state index contributed by atoms with van der Waals surface area (Å²) in [6.45, 7) is 0. The Bertz CT molecular complexity index is 355. The maximum Gasteiger partial charge on any atom is 0.0922 e. The summed E-state index contributed by atoms with van der Waals surface area (Å²) in [7, 11) is 0. The fourth-order valence-corrected chi connectivity index (χ4v) is 2.46. The molecule has 0 radical (unpaired) electrons. The molecule has 74 valence electrons. The molecule has 2 aromatic rings. The quantitative estimate of drug-likeness (QED) is 0.868. The summed E-state index contributed by atoms with van der Waals surface area (Å²) in [6, 6.07) is 2.16. The summed E-state index contributed by atoms with van der Waals surface area (Å²) in [5.41, 5.74) is 8.23. The summed E-state index contributed by atoms with van der Waals surface area (Å²) in [5.74, 6) is 0. The van der Waals surface area contributed by atoms with Gasteiger partial charge in [0.15, 0.2) is 0 Å². The van der Waals surface area contributed by atoms with Gasteiger partial charge in [0.25, 0.3) is 0 Å². The van der Waals surface area contributed by atoms with Crippen LogP contribution in [0.5, 0.6) is 0 Å². The Kier molecular flexibility index (Phi) is 3.23. The van der Waals surface area contributed by atoms with Crippen molar-refractivity contribution < 1.29 is 0 Å². The molecule has 0 amide bonds. The number of hydrogen-bond donors (Lipinski definition) is 1. The Balaban J connectivity index is 1.87. The first-order chi connectivity index (χ1) is 6.86. The van der Waals surface area contributed by atoms with Crippen LogP contribution in [-0.2, 0) is 6.42 Å². The van der Waals surface area contributed by atoms with Crippen molar-refractivity contribution in [2.45, 2.75) is 18.9 Å². The third-order valence-corrected chi connectivity index (χ3v) is 3.34. The molecule has 0 saturated heterocycles. The molecule has 0 aliphatic heterocycles. The van der Waals surface area contributed by atoms with Crippen molar-refractivity contribution in [2.24, 2.45) is 5.73 Å². The van der Waals surface area contributed by atoms with Crippen molar-refractivity contribution in [1.82, 2.24) is 9.59 Å². The number of aromatic nitrogens is 2. The van der Waals surface area contributed by atoms with Gasteiger partial charge in [0.1, 0.15) is 0 Å². The standard InChI is InChI=1S/C9H11N3S2/c10-8(9-6-14-12-11-9)2-1-7-3-4-13-5-7/h3-6,8H,1-2,10H2. The molecule has 3 nitrogen and oxygen atoms in total. The Morgan fingerprint density at radius 2 is 2.36 bits per heavy atom. The molecule has 0 aromatic carbocycles. The maximum absolute atomic E-state index is 5.96. The summed E-state index contributed by atoms with van der Waals surface area (Å²) in [4.78, 5) is 0. The predicted molar refractivity (Wildman–Crippen MR) is 59.5 cm³/mol. The summed E-state index contributed by atoms with van der Waals surface area (Å²) in [6.07, 6.45) is 1.95. The average molecular weight is 225 g/mol. The summed E-state index contributed by atoms with van der Waals surface area (Å²) < 4.78 is 3.80. The number of nitrogens with two attached hydrogens (primary N) is 1. The van der Waals surface area contributed by atoms with Gasteiger partial charge in [-0.05, 0) is 46.8 Å². The van der Waals surface area contributed by atoms with Crippen LogP contribution in [-0.4, -0.2) is 9.59 Å². The van der Waals surface area contributed by atoms with E-state index in [0.717, 1.165) is 18.5 Å². The van der Waals surface area contributed by atoms with Gasteiger partial charge in [0.05, 0.1) is 11.7 Å². The maximum atomic E-state index is 5.96. The summed E-state index contributed by atoms with van der Waals surface area (Å²) >= 11 is 3.07. The molecule has 0 aliphatic rings. The molecule has 2 N–H and O–H groups in total. The van der Waals surface area contributed by atoms with E-state index in [1.807, 2.05) is 5.38 Å². The van der Waals surface area contributed by atoms with E-state index in [-0.39, 0.29) is 6.04 Å². The Labute approximate surface area is 90.8 Å². The molecule has 0 aliphatic carbocycles. The van der Waals surface area contributed by atoms with E-state index in [9.17, 15) is 0 Å². The number of hydrogen-bond acceptors (Lipinski definition) is 5. The van der Waals surface area contributed by atoms with Crippen molar-refractivity contribution in [3.8, 4) is 0 Å². The van der Waals surface area contributed by atoms with Crippen LogP contribution in [0.3, 0.4) is 0 Å². The van der Waals surface area contributed by atoms with Crippen LogP contribution in [0.15, 0.2) is 22.2 Å². The van der Waals surface area contributed by atoms with Crippen molar-refractivity contribution in [3.05, 3.63) is 33.5 Å². The molecule has 5 heteroatoms.